The van der Waals surface area contributed by atoms with Gasteiger partial charge in [-0.05, 0) is 37.1 Å². The van der Waals surface area contributed by atoms with Crippen molar-refractivity contribution in [3.05, 3.63) is 77.7 Å². The summed E-state index contributed by atoms with van der Waals surface area (Å²) in [6.07, 6.45) is 1.06. The number of aryl methyl sites for hydroxylation is 2. The van der Waals surface area contributed by atoms with Crippen molar-refractivity contribution in [1.29, 1.82) is 0 Å². The molecule has 0 bridgehead atoms. The summed E-state index contributed by atoms with van der Waals surface area (Å²) in [7, 11) is 0. The number of benzene rings is 2. The van der Waals surface area contributed by atoms with E-state index in [1.54, 1.807) is 37.3 Å². The van der Waals surface area contributed by atoms with Gasteiger partial charge in [-0.3, -0.25) is 9.59 Å². The number of carbonyl (C=O) groups excluding carboxylic acids is 2. The normalized spacial score (nSPS) is 10.3. The third kappa shape index (κ3) is 4.80. The molecule has 6 heteroatoms. The Labute approximate surface area is 151 Å². The van der Waals surface area contributed by atoms with Crippen LogP contribution in [0.1, 0.15) is 28.2 Å². The summed E-state index contributed by atoms with van der Waals surface area (Å²) >= 11 is 0. The van der Waals surface area contributed by atoms with Crippen molar-refractivity contribution >= 4 is 23.2 Å². The van der Waals surface area contributed by atoms with E-state index in [1.165, 1.54) is 0 Å². The van der Waals surface area contributed by atoms with Crippen molar-refractivity contribution in [1.82, 2.24) is 5.16 Å². The van der Waals surface area contributed by atoms with Crippen molar-refractivity contribution in [2.24, 2.45) is 0 Å². The molecule has 0 aliphatic rings. The Morgan fingerprint density at radius 2 is 1.69 bits per heavy atom. The van der Waals surface area contributed by atoms with E-state index in [0.717, 1.165) is 5.56 Å². The van der Waals surface area contributed by atoms with E-state index in [1.807, 2.05) is 30.3 Å². The van der Waals surface area contributed by atoms with Crippen LogP contribution in [0.2, 0.25) is 0 Å². The number of aromatic nitrogens is 1. The van der Waals surface area contributed by atoms with Crippen LogP contribution < -0.4 is 10.6 Å². The lowest BCUT2D eigenvalue weighted by molar-refractivity contribution is -0.116. The topological polar surface area (TPSA) is 84.2 Å². The lowest BCUT2D eigenvalue weighted by Gasteiger charge is -2.08. The van der Waals surface area contributed by atoms with Crippen molar-refractivity contribution < 1.29 is 14.1 Å². The van der Waals surface area contributed by atoms with Gasteiger partial charge in [0, 0.05) is 23.9 Å². The Kier molecular flexibility index (Phi) is 5.43. The average molecular weight is 349 g/mol. The van der Waals surface area contributed by atoms with Crippen LogP contribution in [0.4, 0.5) is 11.4 Å². The number of carbonyl (C=O) groups is 2. The molecule has 0 spiro atoms. The van der Waals surface area contributed by atoms with Crippen molar-refractivity contribution in [3.8, 4) is 0 Å². The maximum absolute atomic E-state index is 12.1. The lowest BCUT2D eigenvalue weighted by Crippen LogP contribution is -2.14. The van der Waals surface area contributed by atoms with E-state index in [4.69, 9.17) is 4.52 Å². The number of anilines is 2. The van der Waals surface area contributed by atoms with E-state index >= 15 is 0 Å². The summed E-state index contributed by atoms with van der Waals surface area (Å²) < 4.78 is 4.94. The second kappa shape index (κ2) is 8.11. The van der Waals surface area contributed by atoms with Gasteiger partial charge in [0.1, 0.15) is 0 Å². The first-order valence-corrected chi connectivity index (χ1v) is 8.29. The molecule has 2 aromatic carbocycles. The van der Waals surface area contributed by atoms with Crippen molar-refractivity contribution in [3.63, 3.8) is 0 Å². The smallest absolute Gasteiger partial charge is 0.294 e. The lowest BCUT2D eigenvalue weighted by atomic mass is 10.1. The van der Waals surface area contributed by atoms with Gasteiger partial charge in [-0.15, -0.1) is 0 Å². The molecule has 0 saturated carbocycles. The van der Waals surface area contributed by atoms with Gasteiger partial charge in [-0.25, -0.2) is 0 Å². The Hall–Kier alpha value is -3.41. The van der Waals surface area contributed by atoms with Gasteiger partial charge in [-0.2, -0.15) is 0 Å². The monoisotopic (exact) mass is 349 g/mol. The van der Waals surface area contributed by atoms with Crippen LogP contribution in [0.15, 0.2) is 65.2 Å². The summed E-state index contributed by atoms with van der Waals surface area (Å²) in [4.78, 5) is 24.2. The van der Waals surface area contributed by atoms with Gasteiger partial charge < -0.3 is 15.2 Å². The van der Waals surface area contributed by atoms with Crippen LogP contribution in [-0.2, 0) is 11.2 Å². The van der Waals surface area contributed by atoms with E-state index in [2.05, 4.69) is 15.8 Å². The molecule has 0 aliphatic heterocycles. The molecule has 3 aromatic rings. The number of hydrogen-bond acceptors (Lipinski definition) is 4. The third-order valence-corrected chi connectivity index (χ3v) is 3.74. The van der Waals surface area contributed by atoms with Gasteiger partial charge in [0.25, 0.3) is 5.91 Å². The molecule has 1 heterocycles. The molecular formula is C20H19N3O3. The quantitative estimate of drug-likeness (QED) is 0.709. The Bertz CT molecular complexity index is 903. The predicted molar refractivity (Wildman–Crippen MR) is 99.0 cm³/mol. The van der Waals surface area contributed by atoms with E-state index in [0.29, 0.717) is 29.9 Å². The van der Waals surface area contributed by atoms with E-state index in [9.17, 15) is 9.59 Å². The van der Waals surface area contributed by atoms with Crippen LogP contribution in [0.5, 0.6) is 0 Å². The minimum absolute atomic E-state index is 0.0804. The highest BCUT2D eigenvalue weighted by Gasteiger charge is 2.12. The Morgan fingerprint density at radius 3 is 2.38 bits per heavy atom. The fourth-order valence-corrected chi connectivity index (χ4v) is 2.46. The molecule has 0 saturated heterocycles. The minimum atomic E-state index is -0.391. The number of nitrogens with zero attached hydrogens (tertiary/aromatic N) is 1. The summed E-state index contributed by atoms with van der Waals surface area (Å²) in [6.45, 7) is 1.74. The number of nitrogens with one attached hydrogen (secondary N) is 2. The van der Waals surface area contributed by atoms with Gasteiger partial charge in [-0.1, -0.05) is 41.6 Å². The number of amides is 2. The number of rotatable bonds is 6. The molecule has 0 unspecified atom stereocenters. The summed E-state index contributed by atoms with van der Waals surface area (Å²) in [5, 5.41) is 9.25. The molecule has 0 atom stereocenters. The zero-order chi connectivity index (χ0) is 18.4. The largest absolute Gasteiger partial charge is 0.351 e. The minimum Gasteiger partial charge on any atom is -0.351 e. The molecule has 1 aromatic heterocycles. The zero-order valence-corrected chi connectivity index (χ0v) is 14.4. The second-order valence-electron chi connectivity index (χ2n) is 5.90. The molecule has 0 fully saturated rings. The molecular weight excluding hydrogens is 330 g/mol. The van der Waals surface area contributed by atoms with E-state index in [-0.39, 0.29) is 11.7 Å². The van der Waals surface area contributed by atoms with Gasteiger partial charge in [0.15, 0.2) is 0 Å². The zero-order valence-electron chi connectivity index (χ0n) is 14.4. The van der Waals surface area contributed by atoms with Crippen LogP contribution in [0.25, 0.3) is 0 Å². The highest BCUT2D eigenvalue weighted by atomic mass is 16.5. The summed E-state index contributed by atoms with van der Waals surface area (Å²) in [5.41, 5.74) is 2.93. The van der Waals surface area contributed by atoms with Crippen LogP contribution in [0, 0.1) is 6.92 Å². The molecule has 3 rings (SSSR count). The molecule has 6 nitrogen and oxygen atoms in total. The van der Waals surface area contributed by atoms with Crippen LogP contribution in [0.3, 0.4) is 0 Å². The van der Waals surface area contributed by atoms with Crippen molar-refractivity contribution in [2.75, 3.05) is 10.6 Å². The van der Waals surface area contributed by atoms with Gasteiger partial charge in [0.2, 0.25) is 11.7 Å². The van der Waals surface area contributed by atoms with Crippen molar-refractivity contribution in [2.45, 2.75) is 19.8 Å². The second-order valence-corrected chi connectivity index (χ2v) is 5.90. The summed E-state index contributed by atoms with van der Waals surface area (Å²) in [5.74, 6) is -0.332. The molecule has 26 heavy (non-hydrogen) atoms. The maximum atomic E-state index is 12.1. The standard InChI is InChI=1S/C20H19N3O3/c1-14-12-18(26-23-14)20(25)22-17-9-5-8-16(13-17)21-19(24)11-10-15-6-3-2-4-7-15/h2-9,12-13H,10-11H2,1H3,(H,21,24)(H,22,25). The predicted octanol–water partition coefficient (Wildman–Crippen LogP) is 3.81. The Balaban J connectivity index is 1.56. The highest BCUT2D eigenvalue weighted by Crippen LogP contribution is 2.17. The SMILES string of the molecule is Cc1cc(C(=O)Nc2cccc(NC(=O)CCc3ccccc3)c2)on1. The molecule has 0 aliphatic carbocycles. The first-order valence-electron chi connectivity index (χ1n) is 8.29. The van der Waals surface area contributed by atoms with Gasteiger partial charge in [0.05, 0.1) is 5.69 Å². The third-order valence-electron chi connectivity index (χ3n) is 3.74. The number of hydrogen-bond donors (Lipinski definition) is 2. The fourth-order valence-electron chi connectivity index (χ4n) is 2.46. The van der Waals surface area contributed by atoms with Crippen LogP contribution >= 0.6 is 0 Å². The molecule has 2 amide bonds. The average Bonchev–Trinajstić information content (AvgIpc) is 3.08. The first-order chi connectivity index (χ1) is 12.6. The molecule has 0 radical (unpaired) electrons. The fraction of sp³-hybridized carbons (Fsp3) is 0.150. The Morgan fingerprint density at radius 1 is 0.962 bits per heavy atom. The van der Waals surface area contributed by atoms with Crippen LogP contribution in [-0.4, -0.2) is 17.0 Å². The highest BCUT2D eigenvalue weighted by molar-refractivity contribution is 6.02. The maximum Gasteiger partial charge on any atom is 0.294 e. The molecule has 2 N–H and O–H groups in total. The molecule has 132 valence electrons. The summed E-state index contributed by atoms with van der Waals surface area (Å²) in [6, 6.07) is 18.4. The van der Waals surface area contributed by atoms with Gasteiger partial charge >= 0.3 is 0 Å². The van der Waals surface area contributed by atoms with E-state index < -0.39 is 5.91 Å². The first kappa shape index (κ1) is 17.4.